The number of carboxylic acid groups (broad SMARTS) is 1. The number of hydrogen-bond acceptors (Lipinski definition) is 3. The van der Waals surface area contributed by atoms with Crippen molar-refractivity contribution in [1.29, 1.82) is 0 Å². The summed E-state index contributed by atoms with van der Waals surface area (Å²) in [5, 5.41) is 10.0. The molecule has 1 atom stereocenters. The van der Waals surface area contributed by atoms with Gasteiger partial charge in [0.1, 0.15) is 11.6 Å². The molecule has 0 heterocycles. The molecule has 0 spiro atoms. The maximum atomic E-state index is 12.2. The zero-order chi connectivity index (χ0) is 16.9. The molecule has 0 aromatic heterocycles. The van der Waals surface area contributed by atoms with E-state index in [4.69, 9.17) is 16.3 Å². The molecule has 6 heteroatoms. The number of hydrogen-bond donors (Lipinski definition) is 1. The Labute approximate surface area is 135 Å². The highest BCUT2D eigenvalue weighted by Gasteiger charge is 2.31. The summed E-state index contributed by atoms with van der Waals surface area (Å²) in [5.74, 6) is -1.07. The van der Waals surface area contributed by atoms with Crippen LogP contribution in [0.4, 0.5) is 4.79 Å². The Morgan fingerprint density at radius 2 is 1.82 bits per heavy atom. The second-order valence-corrected chi connectivity index (χ2v) is 6.39. The number of rotatable bonds is 5. The molecule has 0 fully saturated rings. The molecule has 1 amide bonds. The number of carbonyl (C=O) groups excluding carboxylic acids is 1. The summed E-state index contributed by atoms with van der Waals surface area (Å²) in [6.45, 7) is 7.20. The van der Waals surface area contributed by atoms with Gasteiger partial charge in [-0.25, -0.2) is 9.59 Å². The molecule has 1 N–H and O–H groups in total. The van der Waals surface area contributed by atoms with Gasteiger partial charge in [0.2, 0.25) is 0 Å². The number of carboxylic acids is 1. The Bertz CT molecular complexity index is 522. The number of ether oxygens (including phenoxy) is 1. The van der Waals surface area contributed by atoms with Crippen molar-refractivity contribution in [2.75, 3.05) is 6.54 Å². The molecule has 1 aromatic rings. The van der Waals surface area contributed by atoms with Crippen LogP contribution in [0.5, 0.6) is 0 Å². The molecule has 0 aliphatic carbocycles. The summed E-state index contributed by atoms with van der Waals surface area (Å²) in [6, 6.07) is 5.91. The van der Waals surface area contributed by atoms with Gasteiger partial charge in [0.15, 0.2) is 0 Å². The largest absolute Gasteiger partial charge is 0.480 e. The van der Waals surface area contributed by atoms with Gasteiger partial charge in [-0.05, 0) is 45.4 Å². The van der Waals surface area contributed by atoms with E-state index in [1.807, 2.05) is 0 Å². The topological polar surface area (TPSA) is 66.8 Å². The van der Waals surface area contributed by atoms with Crippen LogP contribution < -0.4 is 0 Å². The maximum Gasteiger partial charge on any atom is 0.411 e. The number of amides is 1. The first-order chi connectivity index (χ1) is 10.1. The number of carbonyl (C=O) groups is 2. The van der Waals surface area contributed by atoms with Gasteiger partial charge in [-0.15, -0.1) is 0 Å². The Morgan fingerprint density at radius 3 is 2.23 bits per heavy atom. The van der Waals surface area contributed by atoms with Gasteiger partial charge < -0.3 is 9.84 Å². The van der Waals surface area contributed by atoms with E-state index in [1.165, 1.54) is 4.90 Å². The van der Waals surface area contributed by atoms with Gasteiger partial charge in [0.05, 0.1) is 0 Å². The van der Waals surface area contributed by atoms with E-state index in [0.29, 0.717) is 5.02 Å². The van der Waals surface area contributed by atoms with Crippen molar-refractivity contribution in [3.8, 4) is 0 Å². The lowest BCUT2D eigenvalue weighted by molar-refractivity contribution is -0.143. The third-order valence-corrected chi connectivity index (χ3v) is 3.22. The fourth-order valence-electron chi connectivity index (χ4n) is 1.97. The smallest absolute Gasteiger partial charge is 0.411 e. The van der Waals surface area contributed by atoms with Crippen molar-refractivity contribution in [1.82, 2.24) is 4.90 Å². The van der Waals surface area contributed by atoms with Crippen LogP contribution >= 0.6 is 11.6 Å². The predicted octanol–water partition coefficient (Wildman–Crippen LogP) is 3.59. The third-order valence-electron chi connectivity index (χ3n) is 2.97. The van der Waals surface area contributed by atoms with Crippen molar-refractivity contribution >= 4 is 23.7 Å². The van der Waals surface area contributed by atoms with Crippen molar-refractivity contribution in [3.63, 3.8) is 0 Å². The number of halogens is 1. The number of nitrogens with zero attached hydrogens (tertiary/aromatic N) is 1. The zero-order valence-electron chi connectivity index (χ0n) is 13.3. The molecular formula is C16H22ClNO4. The van der Waals surface area contributed by atoms with E-state index >= 15 is 0 Å². The average Bonchev–Trinajstić information content (AvgIpc) is 2.38. The van der Waals surface area contributed by atoms with Crippen molar-refractivity contribution in [3.05, 3.63) is 34.9 Å². The molecule has 0 aliphatic heterocycles. The van der Waals surface area contributed by atoms with Crippen LogP contribution in [0.1, 0.15) is 33.3 Å². The Morgan fingerprint density at radius 1 is 1.27 bits per heavy atom. The number of likely N-dealkylation sites (N-methyl/N-ethyl adjacent to an activating group) is 1. The van der Waals surface area contributed by atoms with E-state index in [2.05, 4.69) is 0 Å². The van der Waals surface area contributed by atoms with Crippen LogP contribution in [0.3, 0.4) is 0 Å². The summed E-state index contributed by atoms with van der Waals surface area (Å²) in [7, 11) is 0. The normalized spacial score (nSPS) is 12.6. The van der Waals surface area contributed by atoms with E-state index < -0.39 is 23.7 Å². The first-order valence-corrected chi connectivity index (χ1v) is 7.48. The van der Waals surface area contributed by atoms with Gasteiger partial charge in [-0.2, -0.15) is 0 Å². The third kappa shape index (κ3) is 5.56. The highest BCUT2D eigenvalue weighted by molar-refractivity contribution is 6.30. The molecule has 0 saturated heterocycles. The van der Waals surface area contributed by atoms with Gasteiger partial charge in [-0.3, -0.25) is 4.90 Å². The first-order valence-electron chi connectivity index (χ1n) is 7.11. The molecule has 0 radical (unpaired) electrons. The Hall–Kier alpha value is -1.75. The van der Waals surface area contributed by atoms with Crippen LogP contribution in [0.25, 0.3) is 0 Å². The quantitative estimate of drug-likeness (QED) is 0.897. The van der Waals surface area contributed by atoms with Crippen molar-refractivity contribution in [2.24, 2.45) is 0 Å². The average molecular weight is 328 g/mol. The predicted molar refractivity (Wildman–Crippen MR) is 85.2 cm³/mol. The lowest BCUT2D eigenvalue weighted by atomic mass is 10.0. The standard InChI is InChI=1S/C16H22ClNO4/c1-5-18(15(21)22-16(2,3)4)13(14(19)20)10-11-6-8-12(17)9-7-11/h6-9,13H,5,10H2,1-4H3,(H,19,20). The van der Waals surface area contributed by atoms with E-state index in [-0.39, 0.29) is 13.0 Å². The molecule has 0 bridgehead atoms. The van der Waals surface area contributed by atoms with Crippen molar-refractivity contribution in [2.45, 2.75) is 45.8 Å². The van der Waals surface area contributed by atoms with Gasteiger partial charge >= 0.3 is 12.1 Å². The second-order valence-electron chi connectivity index (χ2n) is 5.95. The lowest BCUT2D eigenvalue weighted by Gasteiger charge is -2.30. The summed E-state index contributed by atoms with van der Waals surface area (Å²) in [6.07, 6.45) is -0.434. The highest BCUT2D eigenvalue weighted by Crippen LogP contribution is 2.17. The molecule has 122 valence electrons. The van der Waals surface area contributed by atoms with Crippen LogP contribution in [0.2, 0.25) is 5.02 Å². The molecule has 0 saturated carbocycles. The van der Waals surface area contributed by atoms with Crippen LogP contribution in [-0.2, 0) is 16.0 Å². The molecule has 0 aliphatic rings. The molecule has 22 heavy (non-hydrogen) atoms. The molecule has 5 nitrogen and oxygen atoms in total. The summed E-state index contributed by atoms with van der Waals surface area (Å²) in [5.41, 5.74) is 0.118. The minimum absolute atomic E-state index is 0.194. The lowest BCUT2D eigenvalue weighted by Crippen LogP contribution is -2.48. The fraction of sp³-hybridized carbons (Fsp3) is 0.500. The van der Waals surface area contributed by atoms with E-state index in [1.54, 1.807) is 52.0 Å². The summed E-state index contributed by atoms with van der Waals surface area (Å²) < 4.78 is 5.28. The first kappa shape index (κ1) is 18.3. The van der Waals surface area contributed by atoms with Crippen LogP contribution in [0, 0.1) is 0 Å². The number of benzene rings is 1. The molecule has 1 rings (SSSR count). The van der Waals surface area contributed by atoms with Crippen molar-refractivity contribution < 1.29 is 19.4 Å². The minimum atomic E-state index is -1.07. The second kappa shape index (κ2) is 7.49. The SMILES string of the molecule is CCN(C(=O)OC(C)(C)C)C(Cc1ccc(Cl)cc1)C(=O)O. The van der Waals surface area contributed by atoms with E-state index in [9.17, 15) is 14.7 Å². The van der Waals surface area contributed by atoms with Gasteiger partial charge in [0.25, 0.3) is 0 Å². The fourth-order valence-corrected chi connectivity index (χ4v) is 2.10. The Kier molecular flexibility index (Phi) is 6.23. The molecular weight excluding hydrogens is 306 g/mol. The van der Waals surface area contributed by atoms with Gasteiger partial charge in [-0.1, -0.05) is 23.7 Å². The molecule has 1 aromatic carbocycles. The molecule has 1 unspecified atom stereocenters. The minimum Gasteiger partial charge on any atom is -0.480 e. The van der Waals surface area contributed by atoms with E-state index in [0.717, 1.165) is 5.56 Å². The summed E-state index contributed by atoms with van der Waals surface area (Å²) >= 11 is 5.82. The zero-order valence-corrected chi connectivity index (χ0v) is 14.1. The van der Waals surface area contributed by atoms with Crippen LogP contribution in [0.15, 0.2) is 24.3 Å². The summed E-state index contributed by atoms with van der Waals surface area (Å²) in [4.78, 5) is 25.0. The van der Waals surface area contributed by atoms with Gasteiger partial charge in [0, 0.05) is 18.0 Å². The monoisotopic (exact) mass is 327 g/mol. The Balaban J connectivity index is 2.93. The maximum absolute atomic E-state index is 12.2. The van der Waals surface area contributed by atoms with Crippen LogP contribution in [-0.4, -0.2) is 40.3 Å². The highest BCUT2D eigenvalue weighted by atomic mass is 35.5. The number of aliphatic carboxylic acids is 1.